The predicted molar refractivity (Wildman–Crippen MR) is 94.0 cm³/mol. The van der Waals surface area contributed by atoms with Crippen molar-refractivity contribution in [3.05, 3.63) is 12.7 Å². The van der Waals surface area contributed by atoms with Crippen LogP contribution in [0, 0.1) is 0 Å². The van der Waals surface area contributed by atoms with Crippen molar-refractivity contribution in [2.45, 2.75) is 57.5 Å². The van der Waals surface area contributed by atoms with Crippen LogP contribution in [0.15, 0.2) is 12.7 Å². The summed E-state index contributed by atoms with van der Waals surface area (Å²) in [5.74, 6) is -0.124. The van der Waals surface area contributed by atoms with Gasteiger partial charge in [-0.2, -0.15) is 0 Å². The summed E-state index contributed by atoms with van der Waals surface area (Å²) in [5, 5.41) is 2.80. The molecule has 0 rings (SSSR count). The molecule has 0 saturated carbocycles. The molecule has 0 unspecified atom stereocenters. The summed E-state index contributed by atoms with van der Waals surface area (Å²) in [6.07, 6.45) is 2.99. The van der Waals surface area contributed by atoms with E-state index in [0.29, 0.717) is 6.54 Å². The molecule has 0 bridgehead atoms. The van der Waals surface area contributed by atoms with Crippen LogP contribution in [0.5, 0.6) is 0 Å². The van der Waals surface area contributed by atoms with Crippen LogP contribution in [0.4, 0.5) is 0 Å². The topological polar surface area (TPSA) is 47.6 Å². The van der Waals surface area contributed by atoms with E-state index in [0.717, 1.165) is 23.1 Å². The molecule has 1 N–H and O–H groups in total. The highest BCUT2D eigenvalue weighted by Crippen LogP contribution is 2.25. The molecular formula is C13H31NO3Si3. The van der Waals surface area contributed by atoms with Crippen molar-refractivity contribution in [3.8, 4) is 0 Å². The van der Waals surface area contributed by atoms with Crippen LogP contribution in [-0.2, 0) is 13.6 Å². The van der Waals surface area contributed by atoms with Crippen LogP contribution < -0.4 is 5.32 Å². The summed E-state index contributed by atoms with van der Waals surface area (Å²) in [5.41, 5.74) is -0.409. The molecule has 0 aliphatic carbocycles. The lowest BCUT2D eigenvalue weighted by Crippen LogP contribution is -2.51. The first kappa shape index (κ1) is 19.8. The van der Waals surface area contributed by atoms with E-state index in [2.05, 4.69) is 51.2 Å². The largest absolute Gasteiger partial charge is 0.395 e. The lowest BCUT2D eigenvalue weighted by molar-refractivity contribution is -0.116. The van der Waals surface area contributed by atoms with E-state index in [9.17, 15) is 4.79 Å². The molecule has 4 nitrogen and oxygen atoms in total. The molecule has 0 aromatic rings. The second-order valence-corrected chi connectivity index (χ2v) is 17.5. The van der Waals surface area contributed by atoms with Gasteiger partial charge in [0.05, 0.1) is 10.2 Å². The molecule has 0 atom stereocenters. The van der Waals surface area contributed by atoms with E-state index in [-0.39, 0.29) is 5.91 Å². The summed E-state index contributed by atoms with van der Waals surface area (Å²) in [6, 6.07) is 0. The average Bonchev–Trinajstić information content (AvgIpc) is 2.18. The van der Waals surface area contributed by atoms with E-state index in [1.54, 1.807) is 0 Å². The number of carbonyl (C=O) groups excluding carboxylic acids is 1. The van der Waals surface area contributed by atoms with E-state index in [4.69, 9.17) is 8.85 Å². The smallest absolute Gasteiger partial charge is 0.243 e. The molecule has 0 aromatic carbocycles. The van der Waals surface area contributed by atoms with Crippen molar-refractivity contribution >= 4 is 32.8 Å². The predicted octanol–water partition coefficient (Wildman–Crippen LogP) is 1.79. The van der Waals surface area contributed by atoms with Gasteiger partial charge in [-0.05, 0) is 58.2 Å². The zero-order valence-corrected chi connectivity index (χ0v) is 18.1. The fraction of sp³-hybridized carbons (Fsp3) is 0.769. The Morgan fingerprint density at radius 1 is 1.20 bits per heavy atom. The van der Waals surface area contributed by atoms with Crippen LogP contribution >= 0.6 is 0 Å². The number of rotatable bonds is 9. The molecule has 20 heavy (non-hydrogen) atoms. The minimum Gasteiger partial charge on any atom is -0.395 e. The second-order valence-electron chi connectivity index (χ2n) is 7.16. The minimum absolute atomic E-state index is 0.124. The molecular weight excluding hydrogens is 302 g/mol. The summed E-state index contributed by atoms with van der Waals surface area (Å²) in [6.45, 7) is 17.2. The van der Waals surface area contributed by atoms with Crippen LogP contribution in [-0.4, -0.2) is 44.7 Å². The molecule has 0 radical (unpaired) electrons. The summed E-state index contributed by atoms with van der Waals surface area (Å²) in [4.78, 5) is 11.1. The fourth-order valence-corrected chi connectivity index (χ4v) is 9.10. The highest BCUT2D eigenvalue weighted by molar-refractivity contribution is 6.71. The molecule has 0 heterocycles. The van der Waals surface area contributed by atoms with Crippen molar-refractivity contribution in [2.24, 2.45) is 0 Å². The maximum atomic E-state index is 11.1. The Hall–Kier alpha value is -0.219. The third kappa shape index (κ3) is 10.6. The van der Waals surface area contributed by atoms with Crippen LogP contribution in [0.2, 0.25) is 39.3 Å². The zero-order chi connectivity index (χ0) is 16.0. The number of hydrogen-bond acceptors (Lipinski definition) is 3. The third-order valence-corrected chi connectivity index (χ3v) is 6.15. The van der Waals surface area contributed by atoms with Gasteiger partial charge in [0.1, 0.15) is 5.41 Å². The van der Waals surface area contributed by atoms with E-state index < -0.39 is 22.0 Å². The van der Waals surface area contributed by atoms with Crippen molar-refractivity contribution in [2.75, 3.05) is 6.54 Å². The van der Waals surface area contributed by atoms with Gasteiger partial charge >= 0.3 is 0 Å². The van der Waals surface area contributed by atoms with Crippen LogP contribution in [0.1, 0.15) is 12.8 Å². The number of amides is 1. The summed E-state index contributed by atoms with van der Waals surface area (Å²) >= 11 is 0. The molecule has 0 saturated heterocycles. The lowest BCUT2D eigenvalue weighted by Gasteiger charge is -2.41. The minimum atomic E-state index is -1.65. The monoisotopic (exact) mass is 333 g/mol. The molecule has 0 fully saturated rings. The number of carbonyl (C=O) groups is 1. The first-order chi connectivity index (χ1) is 8.87. The van der Waals surface area contributed by atoms with Crippen LogP contribution in [0.3, 0.4) is 0 Å². The van der Waals surface area contributed by atoms with E-state index in [1.165, 1.54) is 6.08 Å². The zero-order valence-electron chi connectivity index (χ0n) is 14.1. The molecule has 0 spiro atoms. The Bertz CT molecular complexity index is 319. The van der Waals surface area contributed by atoms with E-state index in [1.807, 2.05) is 0 Å². The van der Waals surface area contributed by atoms with Gasteiger partial charge < -0.3 is 14.2 Å². The molecule has 0 aromatic heterocycles. The third-order valence-electron chi connectivity index (χ3n) is 2.34. The number of nitrogens with one attached hydrogen (secondary N) is 1. The highest BCUT2D eigenvalue weighted by Gasteiger charge is 2.35. The Kier molecular flexibility index (Phi) is 7.61. The van der Waals surface area contributed by atoms with Gasteiger partial charge in [-0.3, -0.25) is 4.79 Å². The average molecular weight is 334 g/mol. The van der Waals surface area contributed by atoms with Crippen molar-refractivity contribution < 1.29 is 13.6 Å². The Morgan fingerprint density at radius 3 is 2.00 bits per heavy atom. The summed E-state index contributed by atoms with van der Waals surface area (Å²) < 4.78 is 12.6. The first-order valence-electron chi connectivity index (χ1n) is 7.17. The highest BCUT2D eigenvalue weighted by atomic mass is 28.4. The fourth-order valence-electron chi connectivity index (χ4n) is 2.11. The van der Waals surface area contributed by atoms with Gasteiger partial charge in [-0.25, -0.2) is 0 Å². The van der Waals surface area contributed by atoms with Crippen molar-refractivity contribution in [1.29, 1.82) is 0 Å². The Morgan fingerprint density at radius 2 is 1.65 bits per heavy atom. The Labute approximate surface area is 129 Å². The Balaban J connectivity index is 4.54. The number of hydrogen-bond donors (Lipinski definition) is 1. The summed E-state index contributed by atoms with van der Waals surface area (Å²) in [7, 11) is -2.47. The molecule has 0 aliphatic heterocycles. The van der Waals surface area contributed by atoms with Gasteiger partial charge in [0.2, 0.25) is 5.91 Å². The van der Waals surface area contributed by atoms with Gasteiger partial charge in [-0.1, -0.05) is 6.58 Å². The molecule has 1 amide bonds. The van der Waals surface area contributed by atoms with Gasteiger partial charge in [0.25, 0.3) is 0 Å². The normalized spacial score (nSPS) is 13.3. The molecule has 118 valence electrons. The first-order valence-corrected chi connectivity index (χ1v) is 15.0. The van der Waals surface area contributed by atoms with E-state index >= 15 is 0 Å². The van der Waals surface area contributed by atoms with Gasteiger partial charge in [0.15, 0.2) is 16.6 Å². The molecule has 7 heteroatoms. The van der Waals surface area contributed by atoms with Crippen LogP contribution in [0.25, 0.3) is 0 Å². The quantitative estimate of drug-likeness (QED) is 0.303. The van der Waals surface area contributed by atoms with Crippen molar-refractivity contribution in [1.82, 2.24) is 5.32 Å². The van der Waals surface area contributed by atoms with Gasteiger partial charge in [0, 0.05) is 6.54 Å². The van der Waals surface area contributed by atoms with Crippen molar-refractivity contribution in [3.63, 3.8) is 0 Å². The standard InChI is InChI=1S/C13H31NO3Si3/c1-8-12(15)14-11-9-10-13(18,16-19(2,3)4)17-20(5,6)7/h8H,1,9-11H2,2-7,18H3,(H,14,15). The molecule has 0 aliphatic rings. The second kappa shape index (κ2) is 7.69. The lowest BCUT2D eigenvalue weighted by atomic mass is 10.3. The SMILES string of the molecule is C=CC(=O)NCCCC([SiH3])(O[Si](C)(C)C)O[Si](C)(C)C. The maximum Gasteiger partial charge on any atom is 0.243 e. The van der Waals surface area contributed by atoms with Gasteiger partial charge in [-0.15, -0.1) is 0 Å². The maximum absolute atomic E-state index is 11.1.